The molecule has 170 valence electrons. The van der Waals surface area contributed by atoms with Gasteiger partial charge in [-0.2, -0.15) is 13.2 Å². The number of dihydropyridines is 1. The summed E-state index contributed by atoms with van der Waals surface area (Å²) < 4.78 is 38.7. The van der Waals surface area contributed by atoms with Crippen LogP contribution in [0.3, 0.4) is 0 Å². The van der Waals surface area contributed by atoms with E-state index in [1.54, 1.807) is 18.4 Å². The largest absolute Gasteiger partial charge is 0.416 e. The van der Waals surface area contributed by atoms with E-state index in [4.69, 9.17) is 5.73 Å². The van der Waals surface area contributed by atoms with Crippen LogP contribution in [0.2, 0.25) is 0 Å². The highest BCUT2D eigenvalue weighted by Crippen LogP contribution is 2.34. The van der Waals surface area contributed by atoms with Gasteiger partial charge in [-0.1, -0.05) is 12.1 Å². The maximum absolute atomic E-state index is 12.9. The number of halogens is 3. The van der Waals surface area contributed by atoms with E-state index in [0.29, 0.717) is 23.2 Å². The van der Waals surface area contributed by atoms with Crippen LogP contribution >= 0.6 is 0 Å². The molecule has 0 aliphatic carbocycles. The molecule has 1 atom stereocenters. The molecule has 1 amide bonds. The van der Waals surface area contributed by atoms with Gasteiger partial charge in [0.25, 0.3) is 0 Å². The molecule has 8 heteroatoms. The Morgan fingerprint density at radius 3 is 2.62 bits per heavy atom. The fourth-order valence-electron chi connectivity index (χ4n) is 3.71. The summed E-state index contributed by atoms with van der Waals surface area (Å²) in [6.45, 7) is 5.87. The van der Waals surface area contributed by atoms with Crippen LogP contribution in [0.1, 0.15) is 43.0 Å². The highest BCUT2D eigenvalue weighted by molar-refractivity contribution is 5.98. The molecule has 1 unspecified atom stereocenters. The summed E-state index contributed by atoms with van der Waals surface area (Å²) in [6.07, 6.45) is -0.856. The molecule has 3 rings (SSSR count). The van der Waals surface area contributed by atoms with Crippen LogP contribution in [0.15, 0.2) is 59.1 Å². The number of anilines is 2. The van der Waals surface area contributed by atoms with Crippen LogP contribution in [0.25, 0.3) is 0 Å². The lowest BCUT2D eigenvalue weighted by Crippen LogP contribution is -2.26. The Morgan fingerprint density at radius 2 is 1.94 bits per heavy atom. The maximum atomic E-state index is 12.9. The van der Waals surface area contributed by atoms with Gasteiger partial charge >= 0.3 is 6.18 Å². The first-order valence-electron chi connectivity index (χ1n) is 10.5. The number of hydrogen-bond donors (Lipinski definition) is 2. The number of carbonyl (C=O) groups is 1. The number of amides is 1. The first-order valence-corrected chi connectivity index (χ1v) is 10.5. The minimum absolute atomic E-state index is 0.00148. The van der Waals surface area contributed by atoms with E-state index < -0.39 is 11.7 Å². The minimum Gasteiger partial charge on any atom is -0.398 e. The van der Waals surface area contributed by atoms with E-state index in [1.165, 1.54) is 6.07 Å². The molecule has 1 aliphatic rings. The van der Waals surface area contributed by atoms with Crippen molar-refractivity contribution in [3.05, 3.63) is 70.8 Å². The lowest BCUT2D eigenvalue weighted by molar-refractivity contribution is -0.137. The van der Waals surface area contributed by atoms with Gasteiger partial charge in [0, 0.05) is 54.8 Å². The molecule has 1 heterocycles. The Labute approximate surface area is 185 Å². The van der Waals surface area contributed by atoms with E-state index in [2.05, 4.69) is 29.1 Å². The van der Waals surface area contributed by atoms with Crippen LogP contribution in [0, 0.1) is 0 Å². The van der Waals surface area contributed by atoms with Crippen LogP contribution in [0.5, 0.6) is 0 Å². The summed E-state index contributed by atoms with van der Waals surface area (Å²) in [5, 5.41) is 2.71. The molecule has 0 aromatic heterocycles. The van der Waals surface area contributed by atoms with Crippen molar-refractivity contribution in [1.82, 2.24) is 5.32 Å². The molecule has 0 radical (unpaired) electrons. The summed E-state index contributed by atoms with van der Waals surface area (Å²) in [6, 6.07) is 10.5. The molecule has 0 spiro atoms. The van der Waals surface area contributed by atoms with E-state index >= 15 is 0 Å². The molecule has 2 aromatic carbocycles. The third-order valence-corrected chi connectivity index (χ3v) is 5.51. The second-order valence-corrected chi connectivity index (χ2v) is 7.58. The Balaban J connectivity index is 1.69. The summed E-state index contributed by atoms with van der Waals surface area (Å²) in [4.78, 5) is 19.4. The molecule has 0 fully saturated rings. The molecule has 2 aromatic rings. The summed E-state index contributed by atoms with van der Waals surface area (Å²) >= 11 is 0. The molecule has 0 saturated heterocycles. The third-order valence-electron chi connectivity index (χ3n) is 5.51. The van der Waals surface area contributed by atoms with Gasteiger partial charge in [0.2, 0.25) is 5.91 Å². The van der Waals surface area contributed by atoms with Gasteiger partial charge in [-0.25, -0.2) is 0 Å². The summed E-state index contributed by atoms with van der Waals surface area (Å²) in [5.41, 5.74) is 8.85. The summed E-state index contributed by atoms with van der Waals surface area (Å²) in [7, 11) is 0. The van der Waals surface area contributed by atoms with Crippen molar-refractivity contribution in [2.75, 3.05) is 23.7 Å². The Kier molecular flexibility index (Phi) is 7.22. The Bertz CT molecular complexity index is 1030. The lowest BCUT2D eigenvalue weighted by atomic mass is 9.95. The predicted molar refractivity (Wildman–Crippen MR) is 122 cm³/mol. The Morgan fingerprint density at radius 1 is 1.19 bits per heavy atom. The SMILES string of the molecule is CCN(CC)c1ccc(N)c(C2CC(C(=O)NCc3cccc(C(F)(F)F)c3)=CC=N2)c1. The lowest BCUT2D eigenvalue weighted by Gasteiger charge is -2.25. The molecule has 5 nitrogen and oxygen atoms in total. The van der Waals surface area contributed by atoms with Gasteiger partial charge in [0.1, 0.15) is 0 Å². The van der Waals surface area contributed by atoms with E-state index in [-0.39, 0.29) is 18.5 Å². The average Bonchev–Trinajstić information content (AvgIpc) is 2.79. The predicted octanol–water partition coefficient (Wildman–Crippen LogP) is 4.89. The van der Waals surface area contributed by atoms with Gasteiger partial charge in [0.05, 0.1) is 11.6 Å². The number of rotatable bonds is 7. The molecular formula is C24H27F3N4O. The van der Waals surface area contributed by atoms with Gasteiger partial charge in [-0.05, 0) is 55.8 Å². The standard InChI is InChI=1S/C24H27F3N4O/c1-3-31(4-2)19-8-9-21(28)20(14-19)22-13-17(10-11-29-22)23(32)30-15-16-6-5-7-18(12-16)24(25,26)27/h5-12,14,22H,3-4,13,15,28H2,1-2H3,(H,30,32). The van der Waals surface area contributed by atoms with Crippen molar-refractivity contribution >= 4 is 23.5 Å². The van der Waals surface area contributed by atoms with Gasteiger partial charge in [-0.3, -0.25) is 9.79 Å². The van der Waals surface area contributed by atoms with Crippen LogP contribution in [0.4, 0.5) is 24.5 Å². The van der Waals surface area contributed by atoms with Crippen molar-refractivity contribution in [3.8, 4) is 0 Å². The van der Waals surface area contributed by atoms with Crippen LogP contribution < -0.4 is 16.0 Å². The smallest absolute Gasteiger partial charge is 0.398 e. The molecule has 0 bridgehead atoms. The van der Waals surface area contributed by atoms with Gasteiger partial charge in [-0.15, -0.1) is 0 Å². The highest BCUT2D eigenvalue weighted by atomic mass is 19.4. The average molecular weight is 445 g/mol. The van der Waals surface area contributed by atoms with Crippen molar-refractivity contribution in [3.63, 3.8) is 0 Å². The number of nitrogens with zero attached hydrogens (tertiary/aromatic N) is 2. The van der Waals surface area contributed by atoms with Crippen molar-refractivity contribution < 1.29 is 18.0 Å². The number of benzene rings is 2. The number of alkyl halides is 3. The van der Waals surface area contributed by atoms with Crippen molar-refractivity contribution in [2.45, 2.75) is 39.0 Å². The first kappa shape index (κ1) is 23.4. The zero-order valence-corrected chi connectivity index (χ0v) is 18.1. The van der Waals surface area contributed by atoms with Crippen molar-refractivity contribution in [2.24, 2.45) is 4.99 Å². The number of nitrogen functional groups attached to an aromatic ring is 1. The third kappa shape index (κ3) is 5.49. The number of carbonyl (C=O) groups excluding carboxylic acids is 1. The molecular weight excluding hydrogens is 417 g/mol. The number of hydrogen-bond acceptors (Lipinski definition) is 4. The minimum atomic E-state index is -4.42. The van der Waals surface area contributed by atoms with E-state index in [9.17, 15) is 18.0 Å². The van der Waals surface area contributed by atoms with Crippen LogP contribution in [-0.4, -0.2) is 25.2 Å². The molecule has 1 aliphatic heterocycles. The normalized spacial score (nSPS) is 15.9. The fraction of sp³-hybridized carbons (Fsp3) is 0.333. The quantitative estimate of drug-likeness (QED) is 0.598. The summed E-state index contributed by atoms with van der Waals surface area (Å²) in [5.74, 6) is -0.336. The number of nitrogens with two attached hydrogens (primary N) is 1. The number of nitrogens with one attached hydrogen (secondary N) is 1. The highest BCUT2D eigenvalue weighted by Gasteiger charge is 2.30. The molecule has 32 heavy (non-hydrogen) atoms. The van der Waals surface area contributed by atoms with E-state index in [0.717, 1.165) is 36.5 Å². The topological polar surface area (TPSA) is 70.7 Å². The van der Waals surface area contributed by atoms with Gasteiger partial charge in [0.15, 0.2) is 0 Å². The fourth-order valence-corrected chi connectivity index (χ4v) is 3.71. The molecule has 3 N–H and O–H groups in total. The van der Waals surface area contributed by atoms with Crippen LogP contribution in [-0.2, 0) is 17.5 Å². The van der Waals surface area contributed by atoms with Gasteiger partial charge < -0.3 is 16.0 Å². The maximum Gasteiger partial charge on any atom is 0.416 e. The number of allylic oxidation sites excluding steroid dienone is 1. The first-order chi connectivity index (χ1) is 15.2. The zero-order chi connectivity index (χ0) is 23.3. The Hall–Kier alpha value is -3.29. The van der Waals surface area contributed by atoms with Crippen molar-refractivity contribution in [1.29, 1.82) is 0 Å². The second kappa shape index (κ2) is 9.89. The number of aliphatic imine (C=N–C) groups is 1. The monoisotopic (exact) mass is 444 g/mol. The molecule has 0 saturated carbocycles. The van der Waals surface area contributed by atoms with E-state index in [1.807, 2.05) is 18.2 Å². The zero-order valence-electron chi connectivity index (χ0n) is 18.1. The second-order valence-electron chi connectivity index (χ2n) is 7.58.